The summed E-state index contributed by atoms with van der Waals surface area (Å²) in [5.41, 5.74) is 1.07. The topological polar surface area (TPSA) is 111 Å². The number of carboxylic acid groups (broad SMARTS) is 1. The third-order valence-electron chi connectivity index (χ3n) is 9.50. The van der Waals surface area contributed by atoms with Crippen molar-refractivity contribution < 1.29 is 37.7 Å². The van der Waals surface area contributed by atoms with Crippen molar-refractivity contribution in [3.8, 4) is 11.3 Å². The average Bonchev–Trinajstić information content (AvgIpc) is 3.65. The molecule has 0 aliphatic carbocycles. The fourth-order valence-corrected chi connectivity index (χ4v) is 7.07. The number of nitrogens with zero attached hydrogens (tertiary/aromatic N) is 5. The molecule has 0 bridgehead atoms. The maximum absolute atomic E-state index is 15.5. The van der Waals surface area contributed by atoms with Crippen LogP contribution in [0.3, 0.4) is 0 Å². The van der Waals surface area contributed by atoms with Gasteiger partial charge < -0.3 is 34.2 Å². The summed E-state index contributed by atoms with van der Waals surface area (Å²) in [4.78, 5) is 35.4. The van der Waals surface area contributed by atoms with Crippen LogP contribution in [0.4, 0.5) is 22.8 Å². The van der Waals surface area contributed by atoms with Crippen molar-refractivity contribution >= 4 is 12.1 Å². The summed E-state index contributed by atoms with van der Waals surface area (Å²) < 4.78 is 52.5. The second kappa shape index (κ2) is 14.3. The van der Waals surface area contributed by atoms with Crippen molar-refractivity contribution in [1.29, 1.82) is 0 Å². The molecular formula is C34H40F3N5O5. The summed E-state index contributed by atoms with van der Waals surface area (Å²) in [7, 11) is 0. The number of benzene rings is 2. The van der Waals surface area contributed by atoms with Crippen LogP contribution in [0.2, 0.25) is 0 Å². The predicted octanol–water partition coefficient (Wildman–Crippen LogP) is 5.17. The molecule has 3 amide bonds. The molecule has 4 heterocycles. The van der Waals surface area contributed by atoms with Crippen LogP contribution in [0.5, 0.6) is 0 Å². The maximum atomic E-state index is 15.5. The Bertz CT molecular complexity index is 1550. The number of hydrogen-bond donors (Lipinski definition) is 2. The molecule has 13 heteroatoms. The minimum Gasteiger partial charge on any atom is -0.465 e. The molecule has 3 saturated heterocycles. The number of carbonyl (C=O) groups excluding carboxylic acids is 1. The lowest BCUT2D eigenvalue weighted by Gasteiger charge is -2.43. The summed E-state index contributed by atoms with van der Waals surface area (Å²) in [6, 6.07) is 11.5. The molecule has 3 aliphatic heterocycles. The number of amides is 3. The zero-order chi connectivity index (χ0) is 33.1. The molecule has 1 aromatic heterocycles. The van der Waals surface area contributed by atoms with Crippen LogP contribution in [-0.4, -0.2) is 105 Å². The van der Waals surface area contributed by atoms with Gasteiger partial charge >= 0.3 is 12.1 Å². The summed E-state index contributed by atoms with van der Waals surface area (Å²) in [6.45, 7) is 1.21. The Balaban J connectivity index is 1.48. The first-order chi connectivity index (χ1) is 22.7. The van der Waals surface area contributed by atoms with E-state index in [1.807, 2.05) is 34.9 Å². The van der Waals surface area contributed by atoms with Crippen molar-refractivity contribution in [1.82, 2.24) is 24.3 Å². The van der Waals surface area contributed by atoms with Gasteiger partial charge in [-0.3, -0.25) is 0 Å². The number of carbonyl (C=O) groups is 2. The average molecular weight is 656 g/mol. The molecule has 252 valence electrons. The molecule has 3 aliphatic rings. The van der Waals surface area contributed by atoms with Crippen LogP contribution in [0.1, 0.15) is 43.1 Å². The van der Waals surface area contributed by atoms with Crippen LogP contribution in [0.15, 0.2) is 54.7 Å². The number of β-amino-alcohol motifs (C(OH)–C–C–N with tert-alkyl or cyclic N) is 1. The van der Waals surface area contributed by atoms with Crippen molar-refractivity contribution in [3.63, 3.8) is 0 Å². The summed E-state index contributed by atoms with van der Waals surface area (Å²) >= 11 is 0. The highest BCUT2D eigenvalue weighted by Gasteiger charge is 2.44. The second-order valence-electron chi connectivity index (χ2n) is 12.8. The Morgan fingerprint density at radius 3 is 2.49 bits per heavy atom. The van der Waals surface area contributed by atoms with Crippen LogP contribution in [-0.2, 0) is 11.3 Å². The van der Waals surface area contributed by atoms with Gasteiger partial charge in [0.2, 0.25) is 0 Å². The summed E-state index contributed by atoms with van der Waals surface area (Å²) in [5.74, 6) is -1.85. The van der Waals surface area contributed by atoms with E-state index in [0.29, 0.717) is 57.8 Å². The van der Waals surface area contributed by atoms with Gasteiger partial charge in [-0.05, 0) is 55.4 Å². The Morgan fingerprint density at radius 2 is 1.79 bits per heavy atom. The number of aliphatic hydroxyl groups is 1. The monoisotopic (exact) mass is 655 g/mol. The first kappa shape index (κ1) is 32.8. The summed E-state index contributed by atoms with van der Waals surface area (Å²) in [5, 5.41) is 20.1. The van der Waals surface area contributed by atoms with Crippen LogP contribution >= 0.6 is 0 Å². The molecule has 10 nitrogen and oxygen atoms in total. The lowest BCUT2D eigenvalue weighted by molar-refractivity contribution is 0.0133. The smallest absolute Gasteiger partial charge is 0.407 e. The zero-order valence-electron chi connectivity index (χ0n) is 26.1. The number of ether oxygens (including phenoxy) is 1. The predicted molar refractivity (Wildman–Crippen MR) is 166 cm³/mol. The van der Waals surface area contributed by atoms with Gasteiger partial charge in [0.15, 0.2) is 0 Å². The van der Waals surface area contributed by atoms with Crippen LogP contribution in [0, 0.1) is 23.5 Å². The number of halogens is 3. The maximum Gasteiger partial charge on any atom is 0.407 e. The Morgan fingerprint density at radius 1 is 1.02 bits per heavy atom. The molecular weight excluding hydrogens is 615 g/mol. The van der Waals surface area contributed by atoms with Gasteiger partial charge in [-0.1, -0.05) is 30.3 Å². The Labute approximate surface area is 271 Å². The highest BCUT2D eigenvalue weighted by atomic mass is 19.1. The van der Waals surface area contributed by atoms with Gasteiger partial charge in [0.1, 0.15) is 23.6 Å². The van der Waals surface area contributed by atoms with E-state index in [9.17, 15) is 24.2 Å². The molecule has 3 aromatic rings. The number of urea groups is 1. The Hall–Kier alpha value is -4.10. The summed E-state index contributed by atoms with van der Waals surface area (Å²) in [6.07, 6.45) is 0.489. The van der Waals surface area contributed by atoms with E-state index in [2.05, 4.69) is 0 Å². The number of hydrogen-bond acceptors (Lipinski definition) is 5. The third kappa shape index (κ3) is 7.41. The first-order valence-corrected chi connectivity index (χ1v) is 16.2. The quantitative estimate of drug-likeness (QED) is 0.347. The normalized spacial score (nSPS) is 22.8. The van der Waals surface area contributed by atoms with Crippen molar-refractivity contribution in [2.24, 2.45) is 11.8 Å². The number of imidazole rings is 1. The molecule has 0 spiro atoms. The van der Waals surface area contributed by atoms with Gasteiger partial charge in [-0.2, -0.15) is 0 Å². The van der Waals surface area contributed by atoms with Crippen molar-refractivity contribution in [3.05, 3.63) is 77.8 Å². The van der Waals surface area contributed by atoms with Crippen LogP contribution < -0.4 is 0 Å². The third-order valence-corrected chi connectivity index (χ3v) is 9.50. The molecule has 0 radical (unpaired) electrons. The van der Waals surface area contributed by atoms with Gasteiger partial charge in [0, 0.05) is 63.6 Å². The van der Waals surface area contributed by atoms with E-state index < -0.39 is 48.0 Å². The minimum atomic E-state index is -1.50. The van der Waals surface area contributed by atoms with E-state index >= 15 is 8.78 Å². The molecule has 3 fully saturated rings. The molecule has 3 unspecified atom stereocenters. The lowest BCUT2D eigenvalue weighted by Crippen LogP contribution is -2.53. The molecule has 4 atom stereocenters. The van der Waals surface area contributed by atoms with Crippen molar-refractivity contribution in [2.45, 2.75) is 50.5 Å². The van der Waals surface area contributed by atoms with E-state index in [1.165, 1.54) is 0 Å². The Kier molecular flexibility index (Phi) is 10.0. The van der Waals surface area contributed by atoms with Crippen LogP contribution in [0.25, 0.3) is 11.3 Å². The van der Waals surface area contributed by atoms with E-state index in [-0.39, 0.29) is 43.4 Å². The first-order valence-electron chi connectivity index (χ1n) is 16.2. The second-order valence-corrected chi connectivity index (χ2v) is 12.8. The SMILES string of the molecule is O=C(O)N1CC(F)C(CN(C(=O)N2CCCC(O)C2)[C@@H](c2nc(-c3cc(F)ccc3F)cn2Cc2ccccc2)C2CCOCC2)C1. The number of aromatic nitrogens is 2. The zero-order valence-corrected chi connectivity index (χ0v) is 26.1. The standard InChI is InChI=1S/C34H40F3N5O5/c35-25-8-9-28(36)27(15-25)30-21-40(16-22-5-2-1-3-6-22)32(38-30)31(23-10-13-47-14-11-23)42(33(44)39-12-4-7-26(43)19-39)18-24-17-41(34(45)46)20-29(24)37/h1-3,5-6,8-9,15,21,23-24,26,29,31,43H,4,7,10-14,16-20H2,(H,45,46)/t24?,26?,29?,31-/m1/s1. The van der Waals surface area contributed by atoms with Crippen molar-refractivity contribution in [2.75, 3.05) is 45.9 Å². The van der Waals surface area contributed by atoms with E-state index in [0.717, 1.165) is 28.7 Å². The molecule has 47 heavy (non-hydrogen) atoms. The van der Waals surface area contributed by atoms with E-state index in [1.54, 1.807) is 16.0 Å². The molecule has 2 N–H and O–H groups in total. The van der Waals surface area contributed by atoms with Gasteiger partial charge in [-0.15, -0.1) is 0 Å². The highest BCUT2D eigenvalue weighted by Crippen LogP contribution is 2.39. The number of rotatable bonds is 8. The van der Waals surface area contributed by atoms with E-state index in [4.69, 9.17) is 9.72 Å². The molecule has 0 saturated carbocycles. The van der Waals surface area contributed by atoms with Gasteiger partial charge in [-0.25, -0.2) is 27.7 Å². The number of aliphatic hydroxyl groups excluding tert-OH is 1. The minimum absolute atomic E-state index is 0.0301. The largest absolute Gasteiger partial charge is 0.465 e. The number of likely N-dealkylation sites (tertiary alicyclic amines) is 2. The highest BCUT2D eigenvalue weighted by molar-refractivity contribution is 5.75. The fraction of sp³-hybridized carbons (Fsp3) is 0.500. The fourth-order valence-electron chi connectivity index (χ4n) is 7.07. The van der Waals surface area contributed by atoms with Gasteiger partial charge in [0.25, 0.3) is 0 Å². The number of alkyl halides is 1. The van der Waals surface area contributed by atoms with Gasteiger partial charge in [0.05, 0.1) is 24.4 Å². The lowest BCUT2D eigenvalue weighted by atomic mass is 9.89. The number of piperidine rings is 1. The molecule has 2 aromatic carbocycles. The molecule has 6 rings (SSSR count).